The minimum atomic E-state index is -0.0432. The number of aromatic nitrogens is 3. The van der Waals surface area contributed by atoms with E-state index >= 15 is 0 Å². The Morgan fingerprint density at radius 1 is 0.328 bits per heavy atom. The summed E-state index contributed by atoms with van der Waals surface area (Å²) < 4.78 is 0. The zero-order valence-electron chi connectivity index (χ0n) is 34.9. The highest BCUT2D eigenvalue weighted by molar-refractivity contribution is 6.85. The van der Waals surface area contributed by atoms with E-state index in [1.165, 1.54) is 66.3 Å². The van der Waals surface area contributed by atoms with Crippen molar-refractivity contribution in [2.45, 2.75) is 0 Å². The highest BCUT2D eigenvalue weighted by Gasteiger charge is 2.36. The molecule has 0 bridgehead atoms. The van der Waals surface area contributed by atoms with E-state index in [1.54, 1.807) is 0 Å². The highest BCUT2D eigenvalue weighted by Crippen LogP contribution is 2.44. The van der Waals surface area contributed by atoms with Crippen molar-refractivity contribution in [1.82, 2.24) is 15.0 Å². The number of hydrogen-bond acceptors (Lipinski definition) is 4. The predicted octanol–water partition coefficient (Wildman–Crippen LogP) is 14.0. The molecule has 0 unspecified atom stereocenters. The zero-order chi connectivity index (χ0) is 42.4. The van der Waals surface area contributed by atoms with Crippen molar-refractivity contribution in [3.63, 3.8) is 0 Å². The Balaban J connectivity index is 1.05. The Kier molecular flexibility index (Phi) is 9.23. The van der Waals surface area contributed by atoms with Gasteiger partial charge in [0.15, 0.2) is 17.5 Å². The van der Waals surface area contributed by atoms with Crippen LogP contribution in [0.4, 0.5) is 5.69 Å². The van der Waals surface area contributed by atoms with Crippen molar-refractivity contribution in [2.75, 3.05) is 4.81 Å². The largest absolute Gasteiger partial charge is 0.383 e. The van der Waals surface area contributed by atoms with Crippen molar-refractivity contribution in [3.05, 3.63) is 237 Å². The van der Waals surface area contributed by atoms with Crippen molar-refractivity contribution in [1.29, 1.82) is 0 Å². The smallest absolute Gasteiger partial charge is 0.321 e. The Morgan fingerprint density at radius 3 is 1.56 bits per heavy atom. The first-order valence-corrected chi connectivity index (χ1v) is 21.8. The fourth-order valence-corrected chi connectivity index (χ4v) is 9.43. The summed E-state index contributed by atoms with van der Waals surface area (Å²) in [6.07, 6.45) is 6.51. The van der Waals surface area contributed by atoms with E-state index in [4.69, 9.17) is 15.0 Å². The van der Waals surface area contributed by atoms with Crippen LogP contribution in [0, 0.1) is 0 Å². The van der Waals surface area contributed by atoms with E-state index in [-0.39, 0.29) is 6.85 Å². The molecule has 0 radical (unpaired) electrons. The van der Waals surface area contributed by atoms with Gasteiger partial charge in [-0.1, -0.05) is 200 Å². The van der Waals surface area contributed by atoms with E-state index < -0.39 is 0 Å². The van der Waals surface area contributed by atoms with Crippen LogP contribution < -0.4 is 10.3 Å². The second kappa shape index (κ2) is 15.8. The van der Waals surface area contributed by atoms with E-state index in [1.807, 2.05) is 36.4 Å². The van der Waals surface area contributed by atoms with Crippen LogP contribution in [0.3, 0.4) is 0 Å². The van der Waals surface area contributed by atoms with Gasteiger partial charge < -0.3 is 4.81 Å². The van der Waals surface area contributed by atoms with Crippen LogP contribution in [0.1, 0.15) is 0 Å². The van der Waals surface area contributed by atoms with Crippen molar-refractivity contribution >= 4 is 28.8 Å². The third kappa shape index (κ3) is 6.71. The summed E-state index contributed by atoms with van der Waals surface area (Å²) in [5.41, 5.74) is 17.1. The number of nitrogens with zero attached hydrogens (tertiary/aromatic N) is 4. The third-order valence-electron chi connectivity index (χ3n) is 12.5. The fraction of sp³-hybridized carbons (Fsp3) is 0. The lowest BCUT2D eigenvalue weighted by Gasteiger charge is -2.38. The molecule has 1 aromatic heterocycles. The van der Waals surface area contributed by atoms with Crippen LogP contribution >= 0.6 is 0 Å². The van der Waals surface area contributed by atoms with Gasteiger partial charge in [0, 0.05) is 27.9 Å². The molecule has 0 spiro atoms. The van der Waals surface area contributed by atoms with Crippen LogP contribution in [0.2, 0.25) is 0 Å². The predicted molar refractivity (Wildman–Crippen MR) is 267 cm³/mol. The maximum Gasteiger partial charge on any atom is 0.321 e. The molecule has 0 fully saturated rings. The second-order valence-electron chi connectivity index (χ2n) is 16.4. The lowest BCUT2D eigenvalue weighted by Crippen LogP contribution is -2.50. The van der Waals surface area contributed by atoms with E-state index in [0.29, 0.717) is 17.5 Å². The topological polar surface area (TPSA) is 41.9 Å². The Hall–Kier alpha value is -8.41. The molecule has 3 heterocycles. The van der Waals surface area contributed by atoms with Gasteiger partial charge in [0.1, 0.15) is 0 Å². The molecule has 2 aliphatic rings. The van der Waals surface area contributed by atoms with Gasteiger partial charge in [0.2, 0.25) is 0 Å². The van der Waals surface area contributed by atoms with Crippen molar-refractivity contribution < 1.29 is 0 Å². The quantitative estimate of drug-likeness (QED) is 0.150. The maximum atomic E-state index is 5.11. The van der Waals surface area contributed by atoms with Crippen LogP contribution in [-0.4, -0.2) is 21.8 Å². The molecule has 2 aliphatic heterocycles. The standard InChI is InChI=1S/C59H39BN4/c1-4-16-40(17-5-1)46-24-14-25-47(36-46)49-37-53(43-30-28-42(29-31-43)51-27-15-23-41-18-10-11-26-50(41)51)56-54(38-49)52-33-32-48(39-55(52)64-35-13-12-34-60(56)64)59-62-57(44-19-6-2-7-20-44)61-58(63-59)45-21-8-3-9-22-45/h1-39H. The lowest BCUT2D eigenvalue weighted by molar-refractivity contribution is 1.07. The van der Waals surface area contributed by atoms with Crippen LogP contribution in [0.25, 0.3) is 101 Å². The number of hydrogen-bond donors (Lipinski definition) is 0. The first kappa shape index (κ1) is 37.4. The third-order valence-corrected chi connectivity index (χ3v) is 12.5. The first-order chi connectivity index (χ1) is 31.7. The molecule has 298 valence electrons. The van der Waals surface area contributed by atoms with Crippen LogP contribution in [-0.2, 0) is 0 Å². The molecule has 64 heavy (non-hydrogen) atoms. The van der Waals surface area contributed by atoms with Gasteiger partial charge in [-0.05, 0) is 103 Å². The molecule has 12 rings (SSSR count). The Morgan fingerprint density at radius 2 is 0.859 bits per heavy atom. The average molecular weight is 815 g/mol. The summed E-state index contributed by atoms with van der Waals surface area (Å²) in [7, 11) is 0. The molecule has 10 aromatic rings. The molecule has 9 aromatic carbocycles. The van der Waals surface area contributed by atoms with Gasteiger partial charge in [-0.15, -0.1) is 0 Å². The first-order valence-electron chi connectivity index (χ1n) is 21.8. The van der Waals surface area contributed by atoms with E-state index in [2.05, 4.69) is 205 Å². The van der Waals surface area contributed by atoms with E-state index in [9.17, 15) is 0 Å². The summed E-state index contributed by atoms with van der Waals surface area (Å²) in [6, 6.07) is 75.7. The summed E-state index contributed by atoms with van der Waals surface area (Å²) in [5.74, 6) is 4.24. The molecule has 4 nitrogen and oxygen atoms in total. The normalized spacial score (nSPS) is 12.5. The number of anilines is 1. The second-order valence-corrected chi connectivity index (χ2v) is 16.4. The van der Waals surface area contributed by atoms with Crippen molar-refractivity contribution in [3.8, 4) is 89.8 Å². The summed E-state index contributed by atoms with van der Waals surface area (Å²) in [4.78, 5) is 17.6. The molecule has 0 amide bonds. The molecule has 0 saturated heterocycles. The average Bonchev–Trinajstić information content (AvgIpc) is 3.39. The van der Waals surface area contributed by atoms with E-state index in [0.717, 1.165) is 27.9 Å². The van der Waals surface area contributed by atoms with Gasteiger partial charge in [0.25, 0.3) is 0 Å². The maximum absolute atomic E-state index is 5.11. The van der Waals surface area contributed by atoms with Crippen LogP contribution in [0.15, 0.2) is 237 Å². The summed E-state index contributed by atoms with van der Waals surface area (Å²) in [6.45, 7) is -0.0432. The number of allylic oxidation sites excluding steroid dienone is 2. The monoisotopic (exact) mass is 814 g/mol. The Bertz CT molecular complexity index is 3370. The summed E-state index contributed by atoms with van der Waals surface area (Å²) in [5, 5.41) is 2.50. The number of rotatable bonds is 7. The van der Waals surface area contributed by atoms with Gasteiger partial charge in [-0.2, -0.15) is 0 Å². The zero-order valence-corrected chi connectivity index (χ0v) is 34.9. The molecular formula is C59H39BN4. The molecular weight excluding hydrogens is 775 g/mol. The fourth-order valence-electron chi connectivity index (χ4n) is 9.43. The highest BCUT2D eigenvalue weighted by atomic mass is 15.1. The number of fused-ring (bicyclic) bond motifs is 7. The minimum Gasteiger partial charge on any atom is -0.383 e. The van der Waals surface area contributed by atoms with Gasteiger partial charge in [0.05, 0.1) is 0 Å². The summed E-state index contributed by atoms with van der Waals surface area (Å²) >= 11 is 0. The lowest BCUT2D eigenvalue weighted by atomic mass is 9.48. The molecule has 0 atom stereocenters. The minimum absolute atomic E-state index is 0.0432. The molecule has 0 saturated carbocycles. The SMILES string of the molecule is C1=CB2c3c(-c4ccc(-c5cccc6ccccc56)cc4)cc(-c4cccc(-c5ccccc5)c4)cc3-c3ccc(-c4nc(-c5ccccc5)nc(-c5ccccc5)n4)cc3N2C=C1. The molecule has 0 N–H and O–H groups in total. The molecule has 5 heteroatoms. The van der Waals surface area contributed by atoms with Gasteiger partial charge in [-0.25, -0.2) is 15.0 Å². The number of benzene rings is 9. The van der Waals surface area contributed by atoms with Crippen molar-refractivity contribution in [2.24, 2.45) is 0 Å². The van der Waals surface area contributed by atoms with Gasteiger partial charge in [-0.3, -0.25) is 0 Å². The molecule has 0 aliphatic carbocycles. The van der Waals surface area contributed by atoms with Crippen LogP contribution in [0.5, 0.6) is 0 Å². The van der Waals surface area contributed by atoms with Gasteiger partial charge >= 0.3 is 6.85 Å². The Labute approximate surface area is 373 Å².